The summed E-state index contributed by atoms with van der Waals surface area (Å²) in [6, 6.07) is 0.123. The molecule has 4 heteroatoms. The van der Waals surface area contributed by atoms with Crippen LogP contribution in [0.2, 0.25) is 0 Å². The molecule has 0 saturated heterocycles. The Kier molecular flexibility index (Phi) is 3.39. The van der Waals surface area contributed by atoms with Crippen molar-refractivity contribution in [2.75, 3.05) is 0 Å². The van der Waals surface area contributed by atoms with Gasteiger partial charge in [-0.2, -0.15) is 0 Å². The lowest BCUT2D eigenvalue weighted by Gasteiger charge is -2.12. The number of nitrogens with zero attached hydrogens (tertiary/aromatic N) is 2. The van der Waals surface area contributed by atoms with E-state index >= 15 is 0 Å². The lowest BCUT2D eigenvalue weighted by Crippen LogP contribution is -2.31. The Morgan fingerprint density at radius 3 is 2.00 bits per heavy atom. The first kappa shape index (κ1) is 11.6. The van der Waals surface area contributed by atoms with Gasteiger partial charge < -0.3 is 5.32 Å². The monoisotopic (exact) mass is 207 g/mol. The molecule has 82 valence electrons. The van der Waals surface area contributed by atoms with Gasteiger partial charge in [-0.3, -0.25) is 4.79 Å². The largest absolute Gasteiger partial charge is 0.350 e. The maximum Gasteiger partial charge on any atom is 0.255 e. The lowest BCUT2D eigenvalue weighted by atomic mass is 10.1. The van der Waals surface area contributed by atoms with Crippen LogP contribution < -0.4 is 5.32 Å². The average molecular weight is 207 g/mol. The zero-order valence-electron chi connectivity index (χ0n) is 9.88. The van der Waals surface area contributed by atoms with Gasteiger partial charge in [0.05, 0.1) is 17.0 Å². The summed E-state index contributed by atoms with van der Waals surface area (Å²) in [6.45, 7) is 9.34. The predicted molar refractivity (Wildman–Crippen MR) is 58.8 cm³/mol. The van der Waals surface area contributed by atoms with Crippen molar-refractivity contribution in [2.24, 2.45) is 0 Å². The van der Waals surface area contributed by atoms with Crippen molar-refractivity contribution >= 4 is 5.91 Å². The fourth-order valence-corrected chi connectivity index (χ4v) is 1.55. The molecule has 0 unspecified atom stereocenters. The van der Waals surface area contributed by atoms with Gasteiger partial charge in [-0.1, -0.05) is 0 Å². The van der Waals surface area contributed by atoms with Crippen molar-refractivity contribution in [3.8, 4) is 0 Å². The zero-order valence-corrected chi connectivity index (χ0v) is 9.88. The van der Waals surface area contributed by atoms with Crippen LogP contribution >= 0.6 is 0 Å². The van der Waals surface area contributed by atoms with Gasteiger partial charge in [0, 0.05) is 6.04 Å². The molecule has 0 radical (unpaired) electrons. The number of aromatic nitrogens is 2. The van der Waals surface area contributed by atoms with E-state index in [1.54, 1.807) is 0 Å². The third kappa shape index (κ3) is 2.75. The molecule has 0 aromatic carbocycles. The molecule has 1 aromatic rings. The Hall–Kier alpha value is -1.45. The van der Waals surface area contributed by atoms with Crippen LogP contribution in [-0.2, 0) is 0 Å². The van der Waals surface area contributed by atoms with Crippen LogP contribution in [0.15, 0.2) is 0 Å². The summed E-state index contributed by atoms with van der Waals surface area (Å²) < 4.78 is 0. The van der Waals surface area contributed by atoms with E-state index in [2.05, 4.69) is 15.3 Å². The predicted octanol–water partition coefficient (Wildman–Crippen LogP) is 1.54. The normalized spacial score (nSPS) is 10.5. The number of hydrogen-bond donors (Lipinski definition) is 1. The molecule has 4 nitrogen and oxygen atoms in total. The minimum Gasteiger partial charge on any atom is -0.350 e. The molecule has 1 heterocycles. The van der Waals surface area contributed by atoms with Gasteiger partial charge in [-0.15, -0.1) is 0 Å². The van der Waals surface area contributed by atoms with E-state index in [1.807, 2.05) is 34.6 Å². The smallest absolute Gasteiger partial charge is 0.255 e. The van der Waals surface area contributed by atoms with E-state index in [-0.39, 0.29) is 11.9 Å². The molecule has 0 fully saturated rings. The van der Waals surface area contributed by atoms with Crippen LogP contribution in [0.1, 0.15) is 41.4 Å². The van der Waals surface area contributed by atoms with Gasteiger partial charge >= 0.3 is 0 Å². The van der Waals surface area contributed by atoms with Crippen molar-refractivity contribution in [1.82, 2.24) is 15.3 Å². The molecular weight excluding hydrogens is 190 g/mol. The number of carbonyl (C=O) groups is 1. The fourth-order valence-electron chi connectivity index (χ4n) is 1.55. The molecule has 1 amide bonds. The molecule has 0 atom stereocenters. The second-order valence-corrected chi connectivity index (χ2v) is 3.94. The molecule has 1 N–H and O–H groups in total. The van der Waals surface area contributed by atoms with Gasteiger partial charge in [-0.05, 0) is 34.6 Å². The first-order chi connectivity index (χ1) is 6.91. The highest BCUT2D eigenvalue weighted by molar-refractivity contribution is 5.96. The highest BCUT2D eigenvalue weighted by Gasteiger charge is 2.15. The van der Waals surface area contributed by atoms with Crippen LogP contribution in [-0.4, -0.2) is 21.9 Å². The van der Waals surface area contributed by atoms with Crippen molar-refractivity contribution in [3.05, 3.63) is 22.8 Å². The van der Waals surface area contributed by atoms with E-state index < -0.39 is 0 Å². The van der Waals surface area contributed by atoms with E-state index in [0.717, 1.165) is 11.4 Å². The van der Waals surface area contributed by atoms with E-state index in [9.17, 15) is 4.79 Å². The maximum absolute atomic E-state index is 11.8. The molecule has 0 aliphatic carbocycles. The van der Waals surface area contributed by atoms with Crippen LogP contribution in [0.5, 0.6) is 0 Å². The summed E-state index contributed by atoms with van der Waals surface area (Å²) in [7, 11) is 0. The minimum absolute atomic E-state index is 0.0972. The lowest BCUT2D eigenvalue weighted by molar-refractivity contribution is 0.0941. The topological polar surface area (TPSA) is 54.9 Å². The summed E-state index contributed by atoms with van der Waals surface area (Å²) in [4.78, 5) is 20.2. The summed E-state index contributed by atoms with van der Waals surface area (Å²) in [5, 5.41) is 2.84. The standard InChI is InChI=1S/C11H17N3O/c1-6(2)12-11(15)10-7(3)13-9(5)14-8(10)4/h6H,1-5H3,(H,12,15). The quantitative estimate of drug-likeness (QED) is 0.800. The van der Waals surface area contributed by atoms with Crippen LogP contribution in [0.3, 0.4) is 0 Å². The van der Waals surface area contributed by atoms with E-state index in [1.165, 1.54) is 0 Å². The minimum atomic E-state index is -0.0972. The number of amides is 1. The summed E-state index contributed by atoms with van der Waals surface area (Å²) in [6.07, 6.45) is 0. The third-order valence-corrected chi connectivity index (χ3v) is 2.03. The first-order valence-electron chi connectivity index (χ1n) is 5.04. The second kappa shape index (κ2) is 4.38. The Balaban J connectivity index is 3.09. The first-order valence-corrected chi connectivity index (χ1v) is 5.04. The zero-order chi connectivity index (χ0) is 11.6. The highest BCUT2D eigenvalue weighted by atomic mass is 16.1. The molecule has 0 aliphatic heterocycles. The number of aryl methyl sites for hydroxylation is 3. The van der Waals surface area contributed by atoms with Crippen molar-refractivity contribution in [2.45, 2.75) is 40.7 Å². The SMILES string of the molecule is Cc1nc(C)c(C(=O)NC(C)C)c(C)n1. The summed E-state index contributed by atoms with van der Waals surface area (Å²) >= 11 is 0. The van der Waals surface area contributed by atoms with Crippen LogP contribution in [0.4, 0.5) is 0 Å². The molecule has 15 heavy (non-hydrogen) atoms. The van der Waals surface area contributed by atoms with E-state index in [0.29, 0.717) is 11.4 Å². The van der Waals surface area contributed by atoms with Gasteiger partial charge in [0.2, 0.25) is 0 Å². The second-order valence-electron chi connectivity index (χ2n) is 3.94. The Morgan fingerprint density at radius 1 is 1.13 bits per heavy atom. The molecular formula is C11H17N3O. The average Bonchev–Trinajstić information content (AvgIpc) is 1.99. The summed E-state index contributed by atoms with van der Waals surface area (Å²) in [5.74, 6) is 0.603. The van der Waals surface area contributed by atoms with Crippen molar-refractivity contribution in [1.29, 1.82) is 0 Å². The molecule has 0 aliphatic rings. The molecule has 1 aromatic heterocycles. The number of nitrogens with one attached hydrogen (secondary N) is 1. The Bertz CT molecular complexity index is 362. The molecule has 0 spiro atoms. The van der Waals surface area contributed by atoms with Gasteiger partial charge in [-0.25, -0.2) is 9.97 Å². The summed E-state index contributed by atoms with van der Waals surface area (Å²) in [5.41, 5.74) is 2.06. The van der Waals surface area contributed by atoms with Gasteiger partial charge in [0.1, 0.15) is 5.82 Å². The van der Waals surface area contributed by atoms with Gasteiger partial charge in [0.15, 0.2) is 0 Å². The molecule has 0 bridgehead atoms. The van der Waals surface area contributed by atoms with E-state index in [4.69, 9.17) is 0 Å². The third-order valence-electron chi connectivity index (χ3n) is 2.03. The number of rotatable bonds is 2. The van der Waals surface area contributed by atoms with Crippen LogP contribution in [0, 0.1) is 20.8 Å². The maximum atomic E-state index is 11.8. The Labute approximate surface area is 90.1 Å². The number of carbonyl (C=O) groups excluding carboxylic acids is 1. The van der Waals surface area contributed by atoms with Crippen LogP contribution in [0.25, 0.3) is 0 Å². The van der Waals surface area contributed by atoms with Crippen molar-refractivity contribution < 1.29 is 4.79 Å². The molecule has 0 saturated carbocycles. The number of hydrogen-bond acceptors (Lipinski definition) is 3. The van der Waals surface area contributed by atoms with Crippen molar-refractivity contribution in [3.63, 3.8) is 0 Å². The van der Waals surface area contributed by atoms with Gasteiger partial charge in [0.25, 0.3) is 5.91 Å². The highest BCUT2D eigenvalue weighted by Crippen LogP contribution is 2.09. The Morgan fingerprint density at radius 2 is 1.60 bits per heavy atom. The fraction of sp³-hybridized carbons (Fsp3) is 0.545. The molecule has 1 rings (SSSR count).